The first-order valence-electron chi connectivity index (χ1n) is 9.45. The fourth-order valence-corrected chi connectivity index (χ4v) is 4.27. The highest BCUT2D eigenvalue weighted by molar-refractivity contribution is 6.04. The van der Waals surface area contributed by atoms with Crippen LogP contribution in [0, 0.1) is 17.8 Å². The average molecular weight is 380 g/mol. The van der Waals surface area contributed by atoms with Gasteiger partial charge in [-0.05, 0) is 37.3 Å². The van der Waals surface area contributed by atoms with Crippen molar-refractivity contribution in [3.8, 4) is 5.75 Å². The third-order valence-electron chi connectivity index (χ3n) is 5.65. The zero-order valence-electron chi connectivity index (χ0n) is 16.4. The van der Waals surface area contributed by atoms with Crippen molar-refractivity contribution < 1.29 is 4.74 Å². The van der Waals surface area contributed by atoms with Crippen LogP contribution in [-0.4, -0.2) is 28.0 Å². The number of aromatic nitrogens is 3. The maximum Gasteiger partial charge on any atom is 0.350 e. The molecule has 7 heteroatoms. The van der Waals surface area contributed by atoms with E-state index in [-0.39, 0.29) is 5.92 Å². The first kappa shape index (κ1) is 18.3. The molecule has 7 nitrogen and oxygen atoms in total. The summed E-state index contributed by atoms with van der Waals surface area (Å²) in [7, 11) is 1.58. The minimum absolute atomic E-state index is 0.178. The van der Waals surface area contributed by atoms with Crippen molar-refractivity contribution in [3.05, 3.63) is 50.7 Å². The average Bonchev–Trinajstić information content (AvgIpc) is 3.01. The van der Waals surface area contributed by atoms with E-state index in [4.69, 9.17) is 4.74 Å². The zero-order chi connectivity index (χ0) is 20.0. The van der Waals surface area contributed by atoms with Gasteiger partial charge in [0.05, 0.1) is 18.1 Å². The summed E-state index contributed by atoms with van der Waals surface area (Å²) in [5.74, 6) is 1.57. The molecule has 3 aromatic rings. The van der Waals surface area contributed by atoms with E-state index in [0.29, 0.717) is 28.6 Å². The van der Waals surface area contributed by atoms with Gasteiger partial charge in [-0.1, -0.05) is 25.5 Å². The zero-order valence-corrected chi connectivity index (χ0v) is 16.4. The van der Waals surface area contributed by atoms with Crippen molar-refractivity contribution in [1.82, 2.24) is 14.6 Å². The molecule has 1 aromatic carbocycles. The second-order valence-corrected chi connectivity index (χ2v) is 7.73. The van der Waals surface area contributed by atoms with E-state index in [2.05, 4.69) is 41.9 Å². The van der Waals surface area contributed by atoms with E-state index in [1.807, 2.05) is 6.07 Å². The molecule has 0 amide bonds. The Kier molecular flexibility index (Phi) is 4.45. The number of H-pyrrole nitrogens is 2. The van der Waals surface area contributed by atoms with Crippen LogP contribution < -0.4 is 16.0 Å². The summed E-state index contributed by atoms with van der Waals surface area (Å²) in [6.07, 6.45) is 4.97. The first-order chi connectivity index (χ1) is 13.4. The topological polar surface area (TPSA) is 92.2 Å². The van der Waals surface area contributed by atoms with Gasteiger partial charge in [0.1, 0.15) is 11.3 Å². The number of fused-ring (bicyclic) bond motifs is 3. The van der Waals surface area contributed by atoms with E-state index in [1.54, 1.807) is 25.5 Å². The summed E-state index contributed by atoms with van der Waals surface area (Å²) in [5.41, 5.74) is 1.88. The molecule has 1 aliphatic carbocycles. The number of ether oxygens (including phenoxy) is 1. The number of aromatic amines is 2. The number of methoxy groups -OCH3 is 1. The van der Waals surface area contributed by atoms with Gasteiger partial charge in [-0.25, -0.2) is 4.79 Å². The predicted octanol–water partition coefficient (Wildman–Crippen LogP) is 3.25. The fourth-order valence-electron chi connectivity index (χ4n) is 4.27. The van der Waals surface area contributed by atoms with Gasteiger partial charge < -0.3 is 14.7 Å². The third-order valence-corrected chi connectivity index (χ3v) is 5.65. The largest absolute Gasteiger partial charge is 0.497 e. The summed E-state index contributed by atoms with van der Waals surface area (Å²) in [4.78, 5) is 31.3. The third kappa shape index (κ3) is 2.96. The molecule has 1 aliphatic rings. The molecular formula is C21H24N4O3. The van der Waals surface area contributed by atoms with Gasteiger partial charge in [-0.3, -0.25) is 4.79 Å². The summed E-state index contributed by atoms with van der Waals surface area (Å²) in [6.45, 7) is 6.44. The smallest absolute Gasteiger partial charge is 0.350 e. The fraction of sp³-hybridized carbons (Fsp3) is 0.381. The van der Waals surface area contributed by atoms with Crippen LogP contribution in [0.25, 0.3) is 21.9 Å². The normalized spacial score (nSPS) is 22.9. The van der Waals surface area contributed by atoms with Gasteiger partial charge in [0.15, 0.2) is 0 Å². The van der Waals surface area contributed by atoms with E-state index < -0.39 is 11.2 Å². The first-order valence-corrected chi connectivity index (χ1v) is 9.45. The van der Waals surface area contributed by atoms with Crippen LogP contribution in [0.4, 0.5) is 0 Å². The number of nitrogens with one attached hydrogen (secondary N) is 2. The number of rotatable bonds is 3. The Bertz CT molecular complexity index is 1230. The van der Waals surface area contributed by atoms with Gasteiger partial charge in [-0.15, -0.1) is 4.68 Å². The lowest BCUT2D eigenvalue weighted by atomic mass is 9.76. The molecule has 0 aliphatic heterocycles. The minimum Gasteiger partial charge on any atom is -0.497 e. The van der Waals surface area contributed by atoms with Crippen LogP contribution in [0.1, 0.15) is 27.2 Å². The van der Waals surface area contributed by atoms with Crippen LogP contribution in [0.3, 0.4) is 0 Å². The van der Waals surface area contributed by atoms with Gasteiger partial charge >= 0.3 is 11.2 Å². The Morgan fingerprint density at radius 2 is 2.00 bits per heavy atom. The Morgan fingerprint density at radius 1 is 1.21 bits per heavy atom. The van der Waals surface area contributed by atoms with Gasteiger partial charge in [0.25, 0.3) is 0 Å². The van der Waals surface area contributed by atoms with E-state index in [9.17, 15) is 9.59 Å². The Hall–Kier alpha value is -3.09. The Labute approximate surface area is 161 Å². The number of benzene rings is 1. The maximum absolute atomic E-state index is 12.9. The summed E-state index contributed by atoms with van der Waals surface area (Å²) in [5, 5.41) is 5.03. The second-order valence-electron chi connectivity index (χ2n) is 7.73. The highest BCUT2D eigenvalue weighted by Crippen LogP contribution is 2.32. The lowest BCUT2D eigenvalue weighted by molar-refractivity contribution is 0.361. The quantitative estimate of drug-likeness (QED) is 0.540. The van der Waals surface area contributed by atoms with E-state index in [0.717, 1.165) is 22.0 Å². The molecule has 146 valence electrons. The van der Waals surface area contributed by atoms with Crippen LogP contribution >= 0.6 is 0 Å². The van der Waals surface area contributed by atoms with Gasteiger partial charge in [0.2, 0.25) is 0 Å². The van der Waals surface area contributed by atoms with E-state index in [1.165, 1.54) is 5.57 Å². The highest BCUT2D eigenvalue weighted by Gasteiger charge is 2.25. The van der Waals surface area contributed by atoms with Crippen molar-refractivity contribution >= 4 is 28.2 Å². The SMILES string of the molecule is COc1ccc2c(c1)[nH]c1c(=O)n(/N=C/[C@@H]3[C@@H](C)C=C(C)C[C@@H]3C)c(=O)[nH]c12. The monoisotopic (exact) mass is 380 g/mol. The molecule has 0 spiro atoms. The molecular weight excluding hydrogens is 356 g/mol. The lowest BCUT2D eigenvalue weighted by Crippen LogP contribution is -2.33. The van der Waals surface area contributed by atoms with Crippen LogP contribution in [0.2, 0.25) is 0 Å². The highest BCUT2D eigenvalue weighted by atomic mass is 16.5. The molecule has 0 bridgehead atoms. The number of hydrogen-bond acceptors (Lipinski definition) is 4. The van der Waals surface area contributed by atoms with Crippen LogP contribution in [0.15, 0.2) is 44.5 Å². The molecule has 2 aromatic heterocycles. The molecule has 28 heavy (non-hydrogen) atoms. The molecule has 3 atom stereocenters. The minimum atomic E-state index is -0.548. The lowest BCUT2D eigenvalue weighted by Gasteiger charge is -2.29. The van der Waals surface area contributed by atoms with Crippen molar-refractivity contribution in [1.29, 1.82) is 0 Å². The predicted molar refractivity (Wildman–Crippen MR) is 111 cm³/mol. The van der Waals surface area contributed by atoms with Crippen molar-refractivity contribution in [3.63, 3.8) is 0 Å². The van der Waals surface area contributed by atoms with Crippen LogP contribution in [0.5, 0.6) is 5.75 Å². The molecule has 0 saturated carbocycles. The van der Waals surface area contributed by atoms with Crippen molar-refractivity contribution in [2.24, 2.45) is 22.9 Å². The summed E-state index contributed by atoms with van der Waals surface area (Å²) < 4.78 is 6.13. The molecule has 2 N–H and O–H groups in total. The molecule has 2 heterocycles. The number of nitrogens with zero attached hydrogens (tertiary/aromatic N) is 2. The van der Waals surface area contributed by atoms with Crippen molar-refractivity contribution in [2.45, 2.75) is 27.2 Å². The molecule has 4 rings (SSSR count). The van der Waals surface area contributed by atoms with Crippen molar-refractivity contribution in [2.75, 3.05) is 7.11 Å². The van der Waals surface area contributed by atoms with Gasteiger partial charge in [0, 0.05) is 23.6 Å². The maximum atomic E-state index is 12.9. The summed E-state index contributed by atoms with van der Waals surface area (Å²) >= 11 is 0. The van der Waals surface area contributed by atoms with Gasteiger partial charge in [-0.2, -0.15) is 5.10 Å². The van der Waals surface area contributed by atoms with E-state index >= 15 is 0 Å². The number of allylic oxidation sites excluding steroid dienone is 2. The summed E-state index contributed by atoms with van der Waals surface area (Å²) in [6, 6.07) is 5.40. The second kappa shape index (κ2) is 6.82. The number of hydrogen-bond donors (Lipinski definition) is 2. The Morgan fingerprint density at radius 3 is 2.71 bits per heavy atom. The molecule has 0 saturated heterocycles. The molecule has 0 radical (unpaired) electrons. The molecule has 0 fully saturated rings. The van der Waals surface area contributed by atoms with Crippen LogP contribution in [-0.2, 0) is 0 Å². The Balaban J connectivity index is 1.81. The molecule has 0 unspecified atom stereocenters. The standard InChI is InChI=1S/C21H24N4O3/c1-11-7-12(2)16(13(3)8-11)10-22-25-20(26)19-18(24-21(25)27)15-6-5-14(28-4)9-17(15)23-19/h5-7,9-10,12-13,16,23H,8H2,1-4H3,(H,24,27)/b22-10+/t12-,13-,16+/m0/s1.